The largest absolute Gasteiger partial charge is 0.480 e. The molecule has 1 aromatic rings. The van der Waals surface area contributed by atoms with E-state index in [0.29, 0.717) is 19.4 Å². The fraction of sp³-hybridized carbons (Fsp3) is 0.533. The Morgan fingerprint density at radius 2 is 1.95 bits per heavy atom. The van der Waals surface area contributed by atoms with E-state index in [-0.39, 0.29) is 0 Å². The number of likely N-dealkylation sites (tertiary alicyclic amines) is 1. The molecule has 2 rings (SSSR count). The molecule has 1 N–H and O–H groups in total. The highest BCUT2D eigenvalue weighted by Crippen LogP contribution is 2.29. The van der Waals surface area contributed by atoms with Crippen molar-refractivity contribution in [2.45, 2.75) is 37.9 Å². The Bertz CT molecular complexity index is 485. The van der Waals surface area contributed by atoms with Gasteiger partial charge in [0.1, 0.15) is 6.04 Å². The highest BCUT2D eigenvalue weighted by molar-refractivity contribution is 5.73. The van der Waals surface area contributed by atoms with Crippen LogP contribution in [-0.4, -0.2) is 35.1 Å². The van der Waals surface area contributed by atoms with Gasteiger partial charge in [0, 0.05) is 0 Å². The second-order valence-electron chi connectivity index (χ2n) is 5.33. The topological polar surface area (TPSA) is 40.5 Å². The second-order valence-corrected chi connectivity index (χ2v) is 5.33. The molecule has 1 heterocycles. The van der Waals surface area contributed by atoms with Gasteiger partial charge in [-0.15, -0.1) is 0 Å². The molecule has 1 saturated heterocycles. The number of carbonyl (C=O) groups is 1. The standard InChI is InChI=1S/C15H18F3NO2/c16-15(17,18)12-7-5-11(6-8-12)3-1-9-19-10-2-4-13(19)14(20)21/h5-8,13H,1-4,9-10H2,(H,20,21)/t13-/m1/s1. The molecule has 116 valence electrons. The molecule has 3 nitrogen and oxygen atoms in total. The Balaban J connectivity index is 1.82. The number of alkyl halides is 3. The van der Waals surface area contributed by atoms with Crippen molar-refractivity contribution in [1.29, 1.82) is 0 Å². The molecule has 0 saturated carbocycles. The zero-order valence-corrected chi connectivity index (χ0v) is 11.6. The minimum absolute atomic E-state index is 0.405. The third kappa shape index (κ3) is 4.20. The van der Waals surface area contributed by atoms with E-state index >= 15 is 0 Å². The van der Waals surface area contributed by atoms with Crippen LogP contribution in [0.25, 0.3) is 0 Å². The van der Waals surface area contributed by atoms with Gasteiger partial charge >= 0.3 is 12.1 Å². The van der Waals surface area contributed by atoms with Gasteiger partial charge in [0.2, 0.25) is 0 Å². The molecular weight excluding hydrogens is 283 g/mol. The minimum atomic E-state index is -4.30. The number of carboxylic acid groups (broad SMARTS) is 1. The van der Waals surface area contributed by atoms with Gasteiger partial charge in [-0.1, -0.05) is 12.1 Å². The van der Waals surface area contributed by atoms with Crippen LogP contribution in [0, 0.1) is 0 Å². The Labute approximate surface area is 121 Å². The van der Waals surface area contributed by atoms with Crippen molar-refractivity contribution in [1.82, 2.24) is 4.90 Å². The van der Waals surface area contributed by atoms with Gasteiger partial charge in [-0.25, -0.2) is 0 Å². The van der Waals surface area contributed by atoms with Crippen LogP contribution in [0.3, 0.4) is 0 Å². The molecule has 1 aromatic carbocycles. The van der Waals surface area contributed by atoms with Crippen molar-refractivity contribution < 1.29 is 23.1 Å². The van der Waals surface area contributed by atoms with Crippen molar-refractivity contribution in [2.24, 2.45) is 0 Å². The third-order valence-corrected chi connectivity index (χ3v) is 3.84. The average Bonchev–Trinajstić information content (AvgIpc) is 2.87. The summed E-state index contributed by atoms with van der Waals surface area (Å²) in [7, 11) is 0. The van der Waals surface area contributed by atoms with Gasteiger partial charge in [0.05, 0.1) is 5.56 Å². The Hall–Kier alpha value is -1.56. The molecule has 0 spiro atoms. The molecule has 6 heteroatoms. The van der Waals surface area contributed by atoms with Crippen molar-refractivity contribution in [3.05, 3.63) is 35.4 Å². The maximum absolute atomic E-state index is 12.4. The summed E-state index contributed by atoms with van der Waals surface area (Å²) in [6, 6.07) is 4.75. The first-order chi connectivity index (χ1) is 9.88. The summed E-state index contributed by atoms with van der Waals surface area (Å²) in [4.78, 5) is 13.0. The number of halogens is 3. The average molecular weight is 301 g/mol. The SMILES string of the molecule is O=C(O)[C@H]1CCCN1CCCc1ccc(C(F)(F)F)cc1. The fourth-order valence-corrected chi connectivity index (χ4v) is 2.72. The summed E-state index contributed by atoms with van der Waals surface area (Å²) in [5, 5.41) is 9.06. The molecule has 1 aliphatic heterocycles. The van der Waals surface area contributed by atoms with E-state index in [4.69, 9.17) is 5.11 Å². The van der Waals surface area contributed by atoms with Crippen LogP contribution in [-0.2, 0) is 17.4 Å². The first kappa shape index (κ1) is 15.8. The summed E-state index contributed by atoms with van der Waals surface area (Å²) < 4.78 is 37.3. The van der Waals surface area contributed by atoms with Gasteiger partial charge in [0.25, 0.3) is 0 Å². The van der Waals surface area contributed by atoms with E-state index in [1.807, 2.05) is 4.90 Å². The monoisotopic (exact) mass is 301 g/mol. The van der Waals surface area contributed by atoms with Crippen molar-refractivity contribution in [3.63, 3.8) is 0 Å². The van der Waals surface area contributed by atoms with Gasteiger partial charge < -0.3 is 5.11 Å². The first-order valence-electron chi connectivity index (χ1n) is 7.01. The highest BCUT2D eigenvalue weighted by atomic mass is 19.4. The molecule has 21 heavy (non-hydrogen) atoms. The van der Waals surface area contributed by atoms with Crippen LogP contribution in [0.15, 0.2) is 24.3 Å². The molecular formula is C15H18F3NO2. The lowest BCUT2D eigenvalue weighted by Gasteiger charge is -2.20. The van der Waals surface area contributed by atoms with E-state index in [9.17, 15) is 18.0 Å². The number of rotatable bonds is 5. The zero-order valence-electron chi connectivity index (χ0n) is 11.6. The van der Waals surface area contributed by atoms with E-state index in [0.717, 1.165) is 37.1 Å². The number of aryl methyl sites for hydroxylation is 1. The molecule has 0 unspecified atom stereocenters. The van der Waals surface area contributed by atoms with Crippen LogP contribution in [0.1, 0.15) is 30.4 Å². The number of carboxylic acids is 1. The summed E-state index contributed by atoms with van der Waals surface area (Å²) >= 11 is 0. The van der Waals surface area contributed by atoms with Crippen LogP contribution in [0.5, 0.6) is 0 Å². The summed E-state index contributed by atoms with van der Waals surface area (Å²) in [5.41, 5.74) is 0.200. The van der Waals surface area contributed by atoms with Gasteiger partial charge in [-0.05, 0) is 56.5 Å². The van der Waals surface area contributed by atoms with Crippen LogP contribution >= 0.6 is 0 Å². The summed E-state index contributed by atoms with van der Waals surface area (Å²) in [5.74, 6) is -0.790. The van der Waals surface area contributed by atoms with Crippen LogP contribution in [0.4, 0.5) is 13.2 Å². The van der Waals surface area contributed by atoms with Crippen LogP contribution in [0.2, 0.25) is 0 Å². The Morgan fingerprint density at radius 3 is 2.52 bits per heavy atom. The van der Waals surface area contributed by atoms with Gasteiger partial charge in [-0.3, -0.25) is 9.69 Å². The molecule has 0 bridgehead atoms. The van der Waals surface area contributed by atoms with Gasteiger partial charge in [-0.2, -0.15) is 13.2 Å². The van der Waals surface area contributed by atoms with Crippen molar-refractivity contribution in [2.75, 3.05) is 13.1 Å². The Kier molecular flexibility index (Phi) is 4.88. The number of nitrogens with zero attached hydrogens (tertiary/aromatic N) is 1. The second kappa shape index (κ2) is 6.47. The van der Waals surface area contributed by atoms with E-state index in [1.54, 1.807) is 0 Å². The quantitative estimate of drug-likeness (QED) is 0.908. The number of hydrogen-bond donors (Lipinski definition) is 1. The molecule has 0 radical (unpaired) electrons. The van der Waals surface area contributed by atoms with Crippen molar-refractivity contribution >= 4 is 5.97 Å². The van der Waals surface area contributed by atoms with E-state index in [2.05, 4.69) is 0 Å². The van der Waals surface area contributed by atoms with Crippen LogP contribution < -0.4 is 0 Å². The maximum Gasteiger partial charge on any atom is 0.416 e. The van der Waals surface area contributed by atoms with Crippen molar-refractivity contribution in [3.8, 4) is 0 Å². The predicted molar refractivity (Wildman–Crippen MR) is 72.0 cm³/mol. The summed E-state index contributed by atoms with van der Waals surface area (Å²) in [6.07, 6.45) is -1.34. The van der Waals surface area contributed by atoms with E-state index in [1.165, 1.54) is 12.1 Å². The van der Waals surface area contributed by atoms with Gasteiger partial charge in [0.15, 0.2) is 0 Å². The third-order valence-electron chi connectivity index (χ3n) is 3.84. The molecule has 0 aliphatic carbocycles. The molecule has 0 amide bonds. The number of aliphatic carboxylic acids is 1. The number of benzene rings is 1. The Morgan fingerprint density at radius 1 is 1.29 bits per heavy atom. The maximum atomic E-state index is 12.4. The summed E-state index contributed by atoms with van der Waals surface area (Å²) in [6.45, 7) is 1.45. The molecule has 1 atom stereocenters. The lowest BCUT2D eigenvalue weighted by molar-refractivity contribution is -0.142. The predicted octanol–water partition coefficient (Wildman–Crippen LogP) is 3.19. The minimum Gasteiger partial charge on any atom is -0.480 e. The smallest absolute Gasteiger partial charge is 0.416 e. The lowest BCUT2D eigenvalue weighted by atomic mass is 10.1. The van der Waals surface area contributed by atoms with E-state index < -0.39 is 23.8 Å². The first-order valence-corrected chi connectivity index (χ1v) is 7.01. The number of hydrogen-bond acceptors (Lipinski definition) is 2. The normalized spacial score (nSPS) is 19.9. The molecule has 0 aromatic heterocycles. The molecule has 1 aliphatic rings. The fourth-order valence-electron chi connectivity index (χ4n) is 2.72. The molecule has 1 fully saturated rings. The zero-order chi connectivity index (χ0) is 15.5. The highest BCUT2D eigenvalue weighted by Gasteiger charge is 2.30. The lowest BCUT2D eigenvalue weighted by Crippen LogP contribution is -2.36.